The van der Waals surface area contributed by atoms with Crippen molar-refractivity contribution in [3.8, 4) is 0 Å². The van der Waals surface area contributed by atoms with E-state index in [2.05, 4.69) is 4.90 Å². The van der Waals surface area contributed by atoms with Gasteiger partial charge in [-0.3, -0.25) is 0 Å². The normalized spacial score (nSPS) is 31.2. The van der Waals surface area contributed by atoms with E-state index in [4.69, 9.17) is 0 Å². The zero-order valence-corrected chi connectivity index (χ0v) is 3.36. The Labute approximate surface area is 43.5 Å². The molecule has 2 aliphatic rings. The van der Waals surface area contributed by atoms with Crippen LogP contribution in [0.15, 0.2) is 0 Å². The maximum atomic E-state index is 2.33. The SMILES string of the molecule is C1[C-]2CN12.[Li+]. The summed E-state index contributed by atoms with van der Waals surface area (Å²) in [5.41, 5.74) is 0. The minimum atomic E-state index is 0. The first-order valence-corrected chi connectivity index (χ1v) is 1.56. The third-order valence-electron chi connectivity index (χ3n) is 0.987. The van der Waals surface area contributed by atoms with Crippen molar-refractivity contribution in [1.29, 1.82) is 0 Å². The van der Waals surface area contributed by atoms with Gasteiger partial charge in [-0.15, -0.1) is 13.1 Å². The second-order valence-electron chi connectivity index (χ2n) is 1.42. The third-order valence-corrected chi connectivity index (χ3v) is 0.987. The Kier molecular flexibility index (Phi) is 0.589. The molecule has 22 valence electrons. The van der Waals surface area contributed by atoms with Crippen molar-refractivity contribution in [2.75, 3.05) is 13.1 Å². The Bertz CT molecular complexity index is 42.9. The molecule has 0 unspecified atom stereocenters. The molecule has 0 spiro atoms. The fourth-order valence-corrected chi connectivity index (χ4v) is 0.324. The van der Waals surface area contributed by atoms with Gasteiger partial charge in [0, 0.05) is 0 Å². The first-order chi connectivity index (χ1) is 1.97. The molecule has 0 amide bonds. The van der Waals surface area contributed by atoms with E-state index in [1.807, 2.05) is 0 Å². The molecule has 5 heavy (non-hydrogen) atoms. The largest absolute Gasteiger partial charge is 1.00 e. The minimum Gasteiger partial charge on any atom is -0.499 e. The fraction of sp³-hybridized carbons (Fsp3) is 0.667. The minimum absolute atomic E-state index is 0. The van der Waals surface area contributed by atoms with Crippen LogP contribution in [0.4, 0.5) is 0 Å². The fourth-order valence-electron chi connectivity index (χ4n) is 0.324. The zero-order chi connectivity index (χ0) is 2.57. The molecule has 0 aromatic rings. The van der Waals surface area contributed by atoms with Crippen LogP contribution in [0.2, 0.25) is 0 Å². The van der Waals surface area contributed by atoms with Gasteiger partial charge in [0.15, 0.2) is 0 Å². The second-order valence-corrected chi connectivity index (χ2v) is 1.42. The maximum absolute atomic E-state index is 2.33. The first kappa shape index (κ1) is 3.74. The second kappa shape index (κ2) is 0.788. The van der Waals surface area contributed by atoms with E-state index >= 15 is 0 Å². The van der Waals surface area contributed by atoms with Crippen molar-refractivity contribution in [3.63, 3.8) is 0 Å². The molecule has 2 heteroatoms. The van der Waals surface area contributed by atoms with Gasteiger partial charge in [0.05, 0.1) is 0 Å². The van der Waals surface area contributed by atoms with Gasteiger partial charge in [0.1, 0.15) is 0 Å². The number of hydrogen-bond acceptors (Lipinski definition) is 1. The molecule has 0 saturated carbocycles. The van der Waals surface area contributed by atoms with Gasteiger partial charge in [-0.25, -0.2) is 6.04 Å². The Morgan fingerprint density at radius 1 is 1.40 bits per heavy atom. The summed E-state index contributed by atoms with van der Waals surface area (Å²) in [6.07, 6.45) is 0. The molecule has 0 N–H and O–H groups in total. The summed E-state index contributed by atoms with van der Waals surface area (Å²) in [6, 6.07) is 1.67. The topological polar surface area (TPSA) is 3.01 Å². The Hall–Kier alpha value is 0.557. The van der Waals surface area contributed by atoms with E-state index in [1.165, 1.54) is 13.1 Å². The van der Waals surface area contributed by atoms with Crippen LogP contribution in [0.3, 0.4) is 0 Å². The summed E-state index contributed by atoms with van der Waals surface area (Å²) >= 11 is 0. The van der Waals surface area contributed by atoms with Crippen LogP contribution >= 0.6 is 0 Å². The number of fused-ring (bicyclic) bond motifs is 1. The zero-order valence-electron chi connectivity index (χ0n) is 3.36. The van der Waals surface area contributed by atoms with E-state index in [0.717, 1.165) is 0 Å². The number of nitrogens with zero attached hydrogens (tertiary/aromatic N) is 1. The van der Waals surface area contributed by atoms with Crippen LogP contribution < -0.4 is 18.9 Å². The molecule has 2 heterocycles. The van der Waals surface area contributed by atoms with Gasteiger partial charge in [-0.05, 0) is 0 Å². The van der Waals surface area contributed by atoms with E-state index in [0.29, 0.717) is 0 Å². The van der Waals surface area contributed by atoms with Gasteiger partial charge in [0.2, 0.25) is 0 Å². The van der Waals surface area contributed by atoms with E-state index < -0.39 is 0 Å². The average molecular weight is 61.0 g/mol. The summed E-state index contributed by atoms with van der Waals surface area (Å²) < 4.78 is 0. The molecule has 0 radical (unpaired) electrons. The van der Waals surface area contributed by atoms with Gasteiger partial charge < -0.3 is 4.90 Å². The number of rotatable bonds is 0. The molecule has 2 rings (SSSR count). The van der Waals surface area contributed by atoms with Crippen LogP contribution in [-0.4, -0.2) is 18.0 Å². The van der Waals surface area contributed by atoms with E-state index in [1.54, 1.807) is 6.04 Å². The van der Waals surface area contributed by atoms with Gasteiger partial charge in [-0.1, -0.05) is 0 Å². The standard InChI is InChI=1S/C3H4N.Li/c1-3-2-4(1)3;/h1-2H2;/q-1;+1. The maximum Gasteiger partial charge on any atom is 1.00 e. The van der Waals surface area contributed by atoms with Gasteiger partial charge >= 0.3 is 18.9 Å². The Morgan fingerprint density at radius 3 is 1.60 bits per heavy atom. The van der Waals surface area contributed by atoms with E-state index in [-0.39, 0.29) is 18.9 Å². The molecule has 0 atom stereocenters. The van der Waals surface area contributed by atoms with Crippen LogP contribution in [-0.2, 0) is 0 Å². The Morgan fingerprint density at radius 2 is 1.60 bits per heavy atom. The first-order valence-electron chi connectivity index (χ1n) is 1.56. The van der Waals surface area contributed by atoms with Crippen molar-refractivity contribution in [3.05, 3.63) is 6.04 Å². The van der Waals surface area contributed by atoms with Crippen LogP contribution in [0, 0.1) is 6.04 Å². The smallest absolute Gasteiger partial charge is 0.499 e. The Balaban J connectivity index is 0.000000125. The summed E-state index contributed by atoms with van der Waals surface area (Å²) in [5.74, 6) is 0. The molecular formula is C3H4LiN. The van der Waals surface area contributed by atoms with Crippen LogP contribution in [0.1, 0.15) is 0 Å². The van der Waals surface area contributed by atoms with Gasteiger partial charge in [0.25, 0.3) is 0 Å². The van der Waals surface area contributed by atoms with Crippen molar-refractivity contribution >= 4 is 0 Å². The molecular weight excluding hydrogens is 57.0 g/mol. The van der Waals surface area contributed by atoms with Crippen molar-refractivity contribution in [2.24, 2.45) is 0 Å². The molecule has 2 fully saturated rings. The van der Waals surface area contributed by atoms with Crippen molar-refractivity contribution in [2.45, 2.75) is 0 Å². The molecule has 2 aliphatic heterocycles. The average Bonchev–Trinajstić information content (AvgIpc) is 1.36. The molecule has 1 nitrogen and oxygen atoms in total. The monoisotopic (exact) mass is 61.1 g/mol. The molecule has 0 bridgehead atoms. The molecule has 0 aliphatic carbocycles. The predicted octanol–water partition coefficient (Wildman–Crippen LogP) is -3.15. The van der Waals surface area contributed by atoms with Crippen LogP contribution in [0.5, 0.6) is 0 Å². The third kappa shape index (κ3) is 0.407. The summed E-state index contributed by atoms with van der Waals surface area (Å²) in [6.45, 7) is 2.67. The van der Waals surface area contributed by atoms with Crippen molar-refractivity contribution in [1.82, 2.24) is 4.90 Å². The van der Waals surface area contributed by atoms with Gasteiger partial charge in [-0.2, -0.15) is 0 Å². The van der Waals surface area contributed by atoms with Crippen molar-refractivity contribution < 1.29 is 18.9 Å². The quantitative estimate of drug-likeness (QED) is 0.162. The predicted molar refractivity (Wildman–Crippen MR) is 14.8 cm³/mol. The summed E-state index contributed by atoms with van der Waals surface area (Å²) in [4.78, 5) is 2.33. The molecule has 2 saturated heterocycles. The summed E-state index contributed by atoms with van der Waals surface area (Å²) in [5, 5.41) is 0. The molecule has 0 aromatic carbocycles. The summed E-state index contributed by atoms with van der Waals surface area (Å²) in [7, 11) is 0. The number of hydrogen-bond donors (Lipinski definition) is 0. The van der Waals surface area contributed by atoms with E-state index in [9.17, 15) is 0 Å². The molecule has 0 aromatic heterocycles. The van der Waals surface area contributed by atoms with Crippen LogP contribution in [0.25, 0.3) is 0 Å².